The van der Waals surface area contributed by atoms with Crippen LogP contribution in [0.1, 0.15) is 33.1 Å². The van der Waals surface area contributed by atoms with Crippen LogP contribution >= 0.6 is 0 Å². The molecule has 1 heterocycles. The van der Waals surface area contributed by atoms with Crippen LogP contribution in [0.25, 0.3) is 0 Å². The van der Waals surface area contributed by atoms with E-state index in [1.807, 2.05) is 12.4 Å². The smallest absolute Gasteiger partial charge is 0.0299 e. The molecule has 0 atom stereocenters. The molecule has 0 saturated heterocycles. The fourth-order valence-corrected chi connectivity index (χ4v) is 1.21. The first-order valence-corrected chi connectivity index (χ1v) is 4.69. The van der Waals surface area contributed by atoms with Crippen LogP contribution in [0, 0.1) is 5.92 Å². The SMILES string of the molecule is CC(C)C1=CCCC/C=C/N=C1. The highest BCUT2D eigenvalue weighted by Gasteiger charge is 1.99. The van der Waals surface area contributed by atoms with Crippen LogP contribution in [0.3, 0.4) is 0 Å². The molecule has 0 fully saturated rings. The molecule has 0 aromatic carbocycles. The molecule has 0 aromatic heterocycles. The van der Waals surface area contributed by atoms with E-state index in [4.69, 9.17) is 0 Å². The third-order valence-corrected chi connectivity index (χ3v) is 2.04. The minimum atomic E-state index is 0.597. The van der Waals surface area contributed by atoms with Crippen LogP contribution in [0.5, 0.6) is 0 Å². The highest BCUT2D eigenvalue weighted by atomic mass is 14.7. The molecule has 0 unspecified atom stereocenters. The Hall–Kier alpha value is -0.850. The topological polar surface area (TPSA) is 12.4 Å². The first-order valence-electron chi connectivity index (χ1n) is 4.69. The Morgan fingerprint density at radius 2 is 2.17 bits per heavy atom. The van der Waals surface area contributed by atoms with Gasteiger partial charge in [-0.1, -0.05) is 26.0 Å². The van der Waals surface area contributed by atoms with Crippen molar-refractivity contribution in [1.29, 1.82) is 0 Å². The lowest BCUT2D eigenvalue weighted by atomic mass is 10.0. The van der Waals surface area contributed by atoms with Gasteiger partial charge in [0.1, 0.15) is 0 Å². The van der Waals surface area contributed by atoms with Crippen LogP contribution in [0.4, 0.5) is 0 Å². The van der Waals surface area contributed by atoms with Gasteiger partial charge in [0.05, 0.1) is 0 Å². The van der Waals surface area contributed by atoms with Crippen LogP contribution in [0.2, 0.25) is 0 Å². The highest BCUT2D eigenvalue weighted by Crippen LogP contribution is 2.11. The normalized spacial score (nSPS) is 21.1. The van der Waals surface area contributed by atoms with Gasteiger partial charge in [0.2, 0.25) is 0 Å². The van der Waals surface area contributed by atoms with Crippen molar-refractivity contribution >= 4 is 6.21 Å². The Morgan fingerprint density at radius 3 is 2.92 bits per heavy atom. The fourth-order valence-electron chi connectivity index (χ4n) is 1.21. The van der Waals surface area contributed by atoms with Gasteiger partial charge in [-0.3, -0.25) is 4.99 Å². The Morgan fingerprint density at radius 1 is 1.33 bits per heavy atom. The van der Waals surface area contributed by atoms with Gasteiger partial charge >= 0.3 is 0 Å². The molecule has 1 aliphatic rings. The number of hydrogen-bond donors (Lipinski definition) is 0. The second-order valence-electron chi connectivity index (χ2n) is 3.45. The summed E-state index contributed by atoms with van der Waals surface area (Å²) in [6.45, 7) is 4.42. The maximum atomic E-state index is 4.22. The van der Waals surface area contributed by atoms with Crippen molar-refractivity contribution < 1.29 is 0 Å². The van der Waals surface area contributed by atoms with Crippen molar-refractivity contribution in [1.82, 2.24) is 0 Å². The molecule has 0 amide bonds. The summed E-state index contributed by atoms with van der Waals surface area (Å²) in [6.07, 6.45) is 11.9. The van der Waals surface area contributed by atoms with Crippen LogP contribution in [-0.4, -0.2) is 6.21 Å². The lowest BCUT2D eigenvalue weighted by Gasteiger charge is -2.04. The van der Waals surface area contributed by atoms with Crippen molar-refractivity contribution in [3.63, 3.8) is 0 Å². The molecule has 0 saturated carbocycles. The van der Waals surface area contributed by atoms with Crippen molar-refractivity contribution in [2.45, 2.75) is 33.1 Å². The average Bonchev–Trinajstić information content (AvgIpc) is 2.15. The summed E-state index contributed by atoms with van der Waals surface area (Å²) in [4.78, 5) is 4.22. The van der Waals surface area contributed by atoms with E-state index in [0.29, 0.717) is 5.92 Å². The summed E-state index contributed by atoms with van der Waals surface area (Å²) in [7, 11) is 0. The molecular weight excluding hydrogens is 146 g/mol. The first kappa shape index (κ1) is 9.24. The van der Waals surface area contributed by atoms with E-state index in [1.165, 1.54) is 18.4 Å². The van der Waals surface area contributed by atoms with Crippen molar-refractivity contribution in [3.8, 4) is 0 Å². The Kier molecular flexibility index (Phi) is 3.78. The molecule has 1 rings (SSSR count). The number of nitrogens with zero attached hydrogens (tertiary/aromatic N) is 1. The summed E-state index contributed by atoms with van der Waals surface area (Å²) in [5.74, 6) is 0.597. The molecule has 0 spiro atoms. The monoisotopic (exact) mass is 163 g/mol. The average molecular weight is 163 g/mol. The number of allylic oxidation sites excluding steroid dienone is 3. The van der Waals surface area contributed by atoms with Crippen molar-refractivity contribution in [3.05, 3.63) is 23.9 Å². The van der Waals surface area contributed by atoms with Gasteiger partial charge in [0.15, 0.2) is 0 Å². The summed E-state index contributed by atoms with van der Waals surface area (Å²) >= 11 is 0. The van der Waals surface area contributed by atoms with Gasteiger partial charge in [-0.25, -0.2) is 0 Å². The quantitative estimate of drug-likeness (QED) is 0.562. The summed E-state index contributed by atoms with van der Waals surface area (Å²) in [5.41, 5.74) is 1.36. The predicted molar refractivity (Wildman–Crippen MR) is 54.4 cm³/mol. The molecule has 0 aromatic rings. The second-order valence-corrected chi connectivity index (χ2v) is 3.45. The summed E-state index contributed by atoms with van der Waals surface area (Å²) in [6, 6.07) is 0. The molecule has 0 radical (unpaired) electrons. The number of hydrogen-bond acceptors (Lipinski definition) is 1. The van der Waals surface area contributed by atoms with Crippen LogP contribution in [-0.2, 0) is 0 Å². The molecule has 1 nitrogen and oxygen atoms in total. The lowest BCUT2D eigenvalue weighted by Crippen LogP contribution is -1.94. The predicted octanol–water partition coefficient (Wildman–Crippen LogP) is 3.34. The van der Waals surface area contributed by atoms with Crippen LogP contribution < -0.4 is 0 Å². The molecule has 0 N–H and O–H groups in total. The summed E-state index contributed by atoms with van der Waals surface area (Å²) < 4.78 is 0. The fraction of sp³-hybridized carbons (Fsp3) is 0.545. The van der Waals surface area contributed by atoms with Gasteiger partial charge in [0, 0.05) is 12.4 Å². The van der Waals surface area contributed by atoms with E-state index < -0.39 is 0 Å². The van der Waals surface area contributed by atoms with Gasteiger partial charge < -0.3 is 0 Å². The molecule has 12 heavy (non-hydrogen) atoms. The lowest BCUT2D eigenvalue weighted by molar-refractivity contribution is 0.788. The second kappa shape index (κ2) is 4.91. The number of aliphatic imine (C=N–C) groups is 1. The van der Waals surface area contributed by atoms with E-state index in [9.17, 15) is 0 Å². The highest BCUT2D eigenvalue weighted by molar-refractivity contribution is 5.79. The largest absolute Gasteiger partial charge is 0.265 e. The van der Waals surface area contributed by atoms with Crippen molar-refractivity contribution in [2.75, 3.05) is 0 Å². The zero-order valence-electron chi connectivity index (χ0n) is 7.96. The molecule has 66 valence electrons. The summed E-state index contributed by atoms with van der Waals surface area (Å²) in [5, 5.41) is 0. The molecule has 1 heteroatoms. The minimum absolute atomic E-state index is 0.597. The maximum absolute atomic E-state index is 4.22. The van der Waals surface area contributed by atoms with E-state index in [0.717, 1.165) is 6.42 Å². The Bertz CT molecular complexity index is 209. The first-order chi connectivity index (χ1) is 5.80. The van der Waals surface area contributed by atoms with E-state index in [1.54, 1.807) is 0 Å². The van der Waals surface area contributed by atoms with Gasteiger partial charge in [0.25, 0.3) is 0 Å². The third-order valence-electron chi connectivity index (χ3n) is 2.04. The van der Waals surface area contributed by atoms with Crippen molar-refractivity contribution in [2.24, 2.45) is 10.9 Å². The zero-order chi connectivity index (χ0) is 8.81. The van der Waals surface area contributed by atoms with E-state index in [2.05, 4.69) is 31.0 Å². The van der Waals surface area contributed by atoms with E-state index >= 15 is 0 Å². The van der Waals surface area contributed by atoms with Gasteiger partial charge in [-0.2, -0.15) is 0 Å². The minimum Gasteiger partial charge on any atom is -0.265 e. The van der Waals surface area contributed by atoms with E-state index in [-0.39, 0.29) is 0 Å². The maximum Gasteiger partial charge on any atom is 0.0299 e. The molecule has 0 aliphatic carbocycles. The molecule has 0 bridgehead atoms. The van der Waals surface area contributed by atoms with Gasteiger partial charge in [-0.05, 0) is 30.8 Å². The van der Waals surface area contributed by atoms with Crippen LogP contribution in [0.15, 0.2) is 28.9 Å². The standard InChI is InChI=1S/C11H17N/c1-10(2)11-7-5-3-4-6-8-12-9-11/h6-10H,3-5H2,1-2H3/b8-6+,11-7?,12-9?. The Labute approximate surface area is 74.9 Å². The Balaban J connectivity index is 2.68. The zero-order valence-corrected chi connectivity index (χ0v) is 7.96. The molecule has 1 aliphatic heterocycles. The third kappa shape index (κ3) is 3.04. The number of rotatable bonds is 1. The van der Waals surface area contributed by atoms with Gasteiger partial charge in [-0.15, -0.1) is 0 Å². The molecular formula is C11H17N.